The van der Waals surface area contributed by atoms with Gasteiger partial charge in [-0.1, -0.05) is 23.4 Å². The molecule has 0 aliphatic carbocycles. The molecule has 4 nitrogen and oxygen atoms in total. The summed E-state index contributed by atoms with van der Waals surface area (Å²) in [5.74, 6) is -0.542. The van der Waals surface area contributed by atoms with Gasteiger partial charge in [-0.25, -0.2) is 4.39 Å². The average Bonchev–Trinajstić information content (AvgIpc) is 2.97. The molecule has 1 aromatic heterocycles. The first-order valence-corrected chi connectivity index (χ1v) is 6.95. The van der Waals surface area contributed by atoms with Gasteiger partial charge in [-0.05, 0) is 17.5 Å². The van der Waals surface area contributed by atoms with E-state index < -0.39 is 5.82 Å². The normalized spacial score (nSPS) is 11.8. The minimum Gasteiger partial charge on any atom is -0.409 e. The fraction of sp³-hybridized carbons (Fsp3) is 0.214. The molecule has 2 aromatic rings. The molecule has 0 bridgehead atoms. The molecule has 0 saturated heterocycles. The van der Waals surface area contributed by atoms with Crippen molar-refractivity contribution in [3.63, 3.8) is 0 Å². The molecule has 2 rings (SSSR count). The Morgan fingerprint density at radius 3 is 2.90 bits per heavy atom. The van der Waals surface area contributed by atoms with Crippen LogP contribution in [0.1, 0.15) is 16.0 Å². The third kappa shape index (κ3) is 3.79. The van der Waals surface area contributed by atoms with Gasteiger partial charge in [0, 0.05) is 22.4 Å². The molecule has 1 heterocycles. The van der Waals surface area contributed by atoms with Crippen molar-refractivity contribution >= 4 is 17.2 Å². The lowest BCUT2D eigenvalue weighted by atomic mass is 10.1. The summed E-state index contributed by atoms with van der Waals surface area (Å²) in [6.45, 7) is 0.746. The number of nitrogens with zero attached hydrogens (tertiary/aromatic N) is 1. The quantitative estimate of drug-likeness (QED) is 0.283. The van der Waals surface area contributed by atoms with Crippen molar-refractivity contribution in [2.45, 2.75) is 13.0 Å². The number of halogens is 1. The molecule has 0 spiro atoms. The molecule has 1 aromatic carbocycles. The summed E-state index contributed by atoms with van der Waals surface area (Å²) in [7, 11) is 0. The van der Waals surface area contributed by atoms with E-state index in [1.54, 1.807) is 23.5 Å². The molecule has 0 aliphatic heterocycles. The van der Waals surface area contributed by atoms with Crippen molar-refractivity contribution in [3.05, 3.63) is 57.5 Å². The third-order valence-electron chi connectivity index (χ3n) is 2.79. The predicted molar refractivity (Wildman–Crippen MR) is 76.6 cm³/mol. The molecule has 20 heavy (non-hydrogen) atoms. The summed E-state index contributed by atoms with van der Waals surface area (Å²) >= 11 is 1.68. The molecule has 0 fully saturated rings. The highest BCUT2D eigenvalue weighted by molar-refractivity contribution is 7.09. The van der Waals surface area contributed by atoms with Gasteiger partial charge >= 0.3 is 0 Å². The minimum absolute atomic E-state index is 0.117. The number of hydrogen-bond donors (Lipinski definition) is 2. The average molecular weight is 294 g/mol. The number of hydrogen-bond acceptors (Lipinski definition) is 4. The second kappa shape index (κ2) is 7.02. The van der Waals surface area contributed by atoms with Crippen LogP contribution in [0.15, 0.2) is 40.9 Å². The van der Waals surface area contributed by atoms with E-state index in [1.165, 1.54) is 10.9 Å². The van der Waals surface area contributed by atoms with Gasteiger partial charge in [0.1, 0.15) is 5.82 Å². The van der Waals surface area contributed by atoms with E-state index in [0.29, 0.717) is 17.7 Å². The molecule has 6 heteroatoms. The minimum atomic E-state index is -0.426. The first-order chi connectivity index (χ1) is 9.70. The Kier molecular flexibility index (Phi) is 5.09. The van der Waals surface area contributed by atoms with E-state index in [0.717, 1.165) is 6.42 Å². The molecule has 106 valence electrons. The topological polar surface area (TPSA) is 67.8 Å². The number of thiophene rings is 1. The summed E-state index contributed by atoms with van der Waals surface area (Å²) in [4.78, 5) is 1.24. The molecule has 0 radical (unpaired) electrons. The first kappa shape index (κ1) is 14.5. The Bertz CT molecular complexity index is 585. The molecular weight excluding hydrogens is 279 g/mol. The van der Waals surface area contributed by atoms with Crippen molar-refractivity contribution < 1.29 is 14.3 Å². The zero-order chi connectivity index (χ0) is 14.4. The molecule has 0 atom stereocenters. The Morgan fingerprint density at radius 2 is 2.25 bits per heavy atom. The lowest BCUT2D eigenvalue weighted by Crippen LogP contribution is -2.13. The summed E-state index contributed by atoms with van der Waals surface area (Å²) < 4.78 is 19.2. The predicted octanol–water partition coefficient (Wildman–Crippen LogP) is 2.74. The standard InChI is InChI=1S/C14H15FN2O2S/c15-13-8-10(14(16)17-18)3-4-11(13)9-19-6-5-12-2-1-7-20-12/h1-4,7-8,18H,5-6,9H2,(H2,16,17). The molecule has 0 unspecified atom stereocenters. The highest BCUT2D eigenvalue weighted by Crippen LogP contribution is 2.13. The number of nitrogens with two attached hydrogens (primary N) is 1. The van der Waals surface area contributed by atoms with E-state index in [9.17, 15) is 4.39 Å². The van der Waals surface area contributed by atoms with Crippen LogP contribution in [-0.4, -0.2) is 17.6 Å². The lowest BCUT2D eigenvalue weighted by Gasteiger charge is -2.06. The van der Waals surface area contributed by atoms with Gasteiger partial charge in [0.15, 0.2) is 5.84 Å². The largest absolute Gasteiger partial charge is 0.409 e. The number of oxime groups is 1. The van der Waals surface area contributed by atoms with Crippen molar-refractivity contribution in [1.29, 1.82) is 0 Å². The van der Waals surface area contributed by atoms with Crippen LogP contribution in [0.5, 0.6) is 0 Å². The van der Waals surface area contributed by atoms with E-state index in [2.05, 4.69) is 5.16 Å². The van der Waals surface area contributed by atoms with Crippen LogP contribution >= 0.6 is 11.3 Å². The maximum Gasteiger partial charge on any atom is 0.170 e. The van der Waals surface area contributed by atoms with Gasteiger partial charge in [0.25, 0.3) is 0 Å². The highest BCUT2D eigenvalue weighted by atomic mass is 32.1. The van der Waals surface area contributed by atoms with Gasteiger partial charge in [0.05, 0.1) is 13.2 Å². The van der Waals surface area contributed by atoms with Gasteiger partial charge < -0.3 is 15.7 Å². The number of rotatable bonds is 6. The summed E-state index contributed by atoms with van der Waals surface area (Å²) in [6, 6.07) is 8.43. The Morgan fingerprint density at radius 1 is 1.40 bits per heavy atom. The molecule has 0 aliphatic rings. The van der Waals surface area contributed by atoms with Gasteiger partial charge in [-0.2, -0.15) is 0 Å². The maximum absolute atomic E-state index is 13.8. The van der Waals surface area contributed by atoms with E-state index in [-0.39, 0.29) is 12.4 Å². The van der Waals surface area contributed by atoms with E-state index >= 15 is 0 Å². The van der Waals surface area contributed by atoms with Gasteiger partial charge in [-0.15, -0.1) is 11.3 Å². The third-order valence-corrected chi connectivity index (χ3v) is 3.72. The van der Waals surface area contributed by atoms with Gasteiger partial charge in [0.2, 0.25) is 0 Å². The Hall–Kier alpha value is -1.92. The summed E-state index contributed by atoms with van der Waals surface area (Å²) in [5.41, 5.74) is 6.18. The second-order valence-corrected chi connectivity index (χ2v) is 5.21. The zero-order valence-corrected chi connectivity index (χ0v) is 11.6. The smallest absolute Gasteiger partial charge is 0.170 e. The van der Waals surface area contributed by atoms with Crippen LogP contribution in [0.3, 0.4) is 0 Å². The SMILES string of the molecule is NC(=NO)c1ccc(COCCc2cccs2)c(F)c1. The monoisotopic (exact) mass is 294 g/mol. The lowest BCUT2D eigenvalue weighted by molar-refractivity contribution is 0.122. The molecule has 0 amide bonds. The van der Waals surface area contributed by atoms with Crippen molar-refractivity contribution in [1.82, 2.24) is 0 Å². The Labute approximate surface area is 120 Å². The molecule has 0 saturated carbocycles. The van der Waals surface area contributed by atoms with Gasteiger partial charge in [-0.3, -0.25) is 0 Å². The second-order valence-electron chi connectivity index (χ2n) is 4.17. The number of benzene rings is 1. The van der Waals surface area contributed by atoms with Crippen LogP contribution in [0.25, 0.3) is 0 Å². The van der Waals surface area contributed by atoms with Crippen molar-refractivity contribution in [2.75, 3.05) is 6.61 Å². The van der Waals surface area contributed by atoms with Crippen LogP contribution in [0.4, 0.5) is 4.39 Å². The van der Waals surface area contributed by atoms with Crippen LogP contribution in [-0.2, 0) is 17.8 Å². The van der Waals surface area contributed by atoms with E-state index in [1.807, 2.05) is 17.5 Å². The number of ether oxygens (including phenoxy) is 1. The summed E-state index contributed by atoms with van der Waals surface area (Å²) in [6.07, 6.45) is 0.821. The summed E-state index contributed by atoms with van der Waals surface area (Å²) in [5, 5.41) is 13.4. The molecular formula is C14H15FN2O2S. The fourth-order valence-corrected chi connectivity index (χ4v) is 2.38. The highest BCUT2D eigenvalue weighted by Gasteiger charge is 2.06. The van der Waals surface area contributed by atoms with Crippen molar-refractivity contribution in [2.24, 2.45) is 10.9 Å². The van der Waals surface area contributed by atoms with E-state index in [4.69, 9.17) is 15.7 Å². The maximum atomic E-state index is 13.8. The van der Waals surface area contributed by atoms with Crippen molar-refractivity contribution in [3.8, 4) is 0 Å². The first-order valence-electron chi connectivity index (χ1n) is 6.07. The van der Waals surface area contributed by atoms with Crippen LogP contribution in [0.2, 0.25) is 0 Å². The fourth-order valence-electron chi connectivity index (χ4n) is 1.69. The van der Waals surface area contributed by atoms with Crippen LogP contribution in [0, 0.1) is 5.82 Å². The Balaban J connectivity index is 1.87. The number of amidine groups is 1. The molecule has 3 N–H and O–H groups in total. The van der Waals surface area contributed by atoms with Crippen LogP contribution < -0.4 is 5.73 Å². The zero-order valence-electron chi connectivity index (χ0n) is 10.8.